The fraction of sp³-hybridized carbons (Fsp3) is 0.364. The summed E-state index contributed by atoms with van der Waals surface area (Å²) in [5, 5.41) is 2.82. The number of rotatable bonds is 9. The quantitative estimate of drug-likeness (QED) is 0.670. The van der Waals surface area contributed by atoms with Gasteiger partial charge in [0.25, 0.3) is 11.8 Å². The molecule has 1 aliphatic carbocycles. The van der Waals surface area contributed by atoms with Crippen molar-refractivity contribution in [3.63, 3.8) is 0 Å². The summed E-state index contributed by atoms with van der Waals surface area (Å²) in [6.07, 6.45) is 1.88. The monoisotopic (exact) mass is 400 g/mol. The van der Waals surface area contributed by atoms with Gasteiger partial charge in [0.15, 0.2) is 13.1 Å². The summed E-state index contributed by atoms with van der Waals surface area (Å²) >= 11 is 0. The topological polar surface area (TPSA) is 63.1 Å². The molecule has 1 atom stereocenters. The van der Waals surface area contributed by atoms with Crippen LogP contribution in [0.15, 0.2) is 48.5 Å². The van der Waals surface area contributed by atoms with Crippen molar-refractivity contribution < 1.29 is 23.6 Å². The zero-order valence-corrected chi connectivity index (χ0v) is 16.8. The highest BCUT2D eigenvalue weighted by Gasteiger charge is 2.34. The van der Waals surface area contributed by atoms with Gasteiger partial charge in [0.2, 0.25) is 0 Å². The lowest BCUT2D eigenvalue weighted by atomic mass is 10.2. The van der Waals surface area contributed by atoms with Crippen LogP contribution in [0, 0.1) is 5.82 Å². The number of hydrogen-bond donors (Lipinski definition) is 2. The Hall–Kier alpha value is -2.93. The number of anilines is 1. The fourth-order valence-electron chi connectivity index (χ4n) is 3.19. The summed E-state index contributed by atoms with van der Waals surface area (Å²) in [5.41, 5.74) is 1.19. The Kier molecular flexibility index (Phi) is 6.82. The lowest BCUT2D eigenvalue weighted by molar-refractivity contribution is -0.862. The maximum atomic E-state index is 14.0. The minimum absolute atomic E-state index is 0.0644. The highest BCUT2D eigenvalue weighted by molar-refractivity contribution is 5.91. The maximum Gasteiger partial charge on any atom is 0.279 e. The minimum atomic E-state index is -0.300. The Bertz CT molecular complexity index is 853. The van der Waals surface area contributed by atoms with Crippen molar-refractivity contribution in [1.29, 1.82) is 0 Å². The Labute approximate surface area is 170 Å². The van der Waals surface area contributed by atoms with E-state index in [1.165, 1.54) is 6.07 Å². The van der Waals surface area contributed by atoms with E-state index in [-0.39, 0.29) is 43.3 Å². The van der Waals surface area contributed by atoms with E-state index in [4.69, 9.17) is 4.74 Å². The number of methoxy groups -OCH3 is 1. The largest absolute Gasteiger partial charge is 0.497 e. The standard InChI is InChI=1S/C22H26FN3O3/c1-25(14-21(27)24-17-7-11-19(29-2)12-8-17)15-22(28)26(18-9-10-18)13-16-5-3-4-6-20(16)23/h3-8,11-12,18H,9-10,13-15H2,1-2H3,(H,24,27)/p+1. The van der Waals surface area contributed by atoms with E-state index in [1.54, 1.807) is 61.5 Å². The molecule has 0 aromatic heterocycles. The summed E-state index contributed by atoms with van der Waals surface area (Å²) in [7, 11) is 3.39. The minimum Gasteiger partial charge on any atom is -0.497 e. The number of carbonyl (C=O) groups excluding carboxylic acids is 2. The number of likely N-dealkylation sites (N-methyl/N-ethyl adjacent to an activating group) is 1. The van der Waals surface area contributed by atoms with Crippen molar-refractivity contribution in [2.45, 2.75) is 25.4 Å². The van der Waals surface area contributed by atoms with Crippen molar-refractivity contribution in [2.75, 3.05) is 32.6 Å². The third kappa shape index (κ3) is 6.02. The van der Waals surface area contributed by atoms with Crippen LogP contribution in [0.2, 0.25) is 0 Å². The molecule has 29 heavy (non-hydrogen) atoms. The van der Waals surface area contributed by atoms with Gasteiger partial charge in [-0.05, 0) is 43.2 Å². The van der Waals surface area contributed by atoms with Crippen LogP contribution in [0.3, 0.4) is 0 Å². The molecule has 0 heterocycles. The van der Waals surface area contributed by atoms with Crippen molar-refractivity contribution in [2.24, 2.45) is 0 Å². The summed E-state index contributed by atoms with van der Waals surface area (Å²) in [5.74, 6) is 0.176. The fourth-order valence-corrected chi connectivity index (χ4v) is 3.19. The lowest BCUT2D eigenvalue weighted by Crippen LogP contribution is -3.11. The van der Waals surface area contributed by atoms with Gasteiger partial charge in [-0.2, -0.15) is 0 Å². The number of ether oxygens (including phenoxy) is 1. The molecule has 0 saturated heterocycles. The molecule has 0 radical (unpaired) electrons. The second-order valence-corrected chi connectivity index (χ2v) is 7.43. The van der Waals surface area contributed by atoms with Crippen LogP contribution in [0.25, 0.3) is 0 Å². The van der Waals surface area contributed by atoms with Gasteiger partial charge in [0.1, 0.15) is 11.6 Å². The van der Waals surface area contributed by atoms with Crippen LogP contribution < -0.4 is 15.0 Å². The van der Waals surface area contributed by atoms with Crippen LogP contribution in [0.1, 0.15) is 18.4 Å². The van der Waals surface area contributed by atoms with E-state index in [0.717, 1.165) is 17.7 Å². The average molecular weight is 400 g/mol. The second kappa shape index (κ2) is 9.52. The van der Waals surface area contributed by atoms with Gasteiger partial charge in [-0.25, -0.2) is 4.39 Å². The number of benzene rings is 2. The summed E-state index contributed by atoms with van der Waals surface area (Å²) in [4.78, 5) is 27.6. The first-order valence-corrected chi connectivity index (χ1v) is 9.74. The summed E-state index contributed by atoms with van der Waals surface area (Å²) in [6.45, 7) is 0.610. The molecule has 3 rings (SSSR count). The van der Waals surface area contributed by atoms with Crippen LogP contribution in [-0.4, -0.2) is 50.0 Å². The molecule has 2 N–H and O–H groups in total. The van der Waals surface area contributed by atoms with Crippen molar-refractivity contribution in [3.8, 4) is 5.75 Å². The Balaban J connectivity index is 1.52. The summed E-state index contributed by atoms with van der Waals surface area (Å²) in [6, 6.07) is 13.8. The van der Waals surface area contributed by atoms with E-state index in [1.807, 2.05) is 0 Å². The summed E-state index contributed by atoms with van der Waals surface area (Å²) < 4.78 is 19.1. The zero-order valence-electron chi connectivity index (χ0n) is 16.8. The van der Waals surface area contributed by atoms with Gasteiger partial charge in [-0.1, -0.05) is 18.2 Å². The number of quaternary nitrogens is 1. The van der Waals surface area contributed by atoms with E-state index >= 15 is 0 Å². The second-order valence-electron chi connectivity index (χ2n) is 7.43. The maximum absolute atomic E-state index is 14.0. The van der Waals surface area contributed by atoms with Crippen molar-refractivity contribution >= 4 is 17.5 Å². The molecule has 1 aliphatic rings. The molecule has 6 nitrogen and oxygen atoms in total. The average Bonchev–Trinajstić information content (AvgIpc) is 3.52. The molecule has 2 aromatic rings. The van der Waals surface area contributed by atoms with E-state index in [2.05, 4.69) is 5.32 Å². The molecule has 0 aliphatic heterocycles. The SMILES string of the molecule is COc1ccc(NC(=O)C[NH+](C)CC(=O)N(Cc2ccccc2F)C2CC2)cc1. The normalized spacial score (nSPS) is 14.2. The molecule has 2 aromatic carbocycles. The van der Waals surface area contributed by atoms with Crippen LogP contribution in [0.5, 0.6) is 5.75 Å². The Morgan fingerprint density at radius 1 is 1.14 bits per heavy atom. The number of nitrogens with one attached hydrogen (secondary N) is 2. The third-order valence-corrected chi connectivity index (χ3v) is 4.90. The Morgan fingerprint density at radius 3 is 2.45 bits per heavy atom. The van der Waals surface area contributed by atoms with Crippen molar-refractivity contribution in [3.05, 3.63) is 59.9 Å². The van der Waals surface area contributed by atoms with E-state index in [9.17, 15) is 14.0 Å². The van der Waals surface area contributed by atoms with Gasteiger partial charge in [0, 0.05) is 23.8 Å². The highest BCUT2D eigenvalue weighted by Crippen LogP contribution is 2.28. The zero-order chi connectivity index (χ0) is 20.8. The van der Waals surface area contributed by atoms with E-state index < -0.39 is 0 Å². The smallest absolute Gasteiger partial charge is 0.279 e. The lowest BCUT2D eigenvalue weighted by Gasteiger charge is -2.24. The number of carbonyl (C=O) groups is 2. The molecule has 1 unspecified atom stereocenters. The number of amides is 2. The third-order valence-electron chi connectivity index (χ3n) is 4.90. The molecule has 1 saturated carbocycles. The molecular weight excluding hydrogens is 373 g/mol. The van der Waals surface area contributed by atoms with Crippen LogP contribution in [0.4, 0.5) is 10.1 Å². The number of nitrogens with zero attached hydrogens (tertiary/aromatic N) is 1. The Morgan fingerprint density at radius 2 is 1.83 bits per heavy atom. The first-order valence-electron chi connectivity index (χ1n) is 9.74. The van der Waals surface area contributed by atoms with Crippen LogP contribution >= 0.6 is 0 Å². The predicted molar refractivity (Wildman–Crippen MR) is 108 cm³/mol. The molecule has 7 heteroatoms. The van der Waals surface area contributed by atoms with Gasteiger partial charge < -0.3 is 19.9 Å². The van der Waals surface area contributed by atoms with Crippen molar-refractivity contribution in [1.82, 2.24) is 4.90 Å². The number of hydrogen-bond acceptors (Lipinski definition) is 3. The first-order chi connectivity index (χ1) is 14.0. The molecule has 1 fully saturated rings. The number of halogens is 1. The first kappa shape index (κ1) is 20.8. The molecule has 0 spiro atoms. The molecule has 0 bridgehead atoms. The predicted octanol–water partition coefficient (Wildman–Crippen LogP) is 1.48. The van der Waals surface area contributed by atoms with Crippen LogP contribution in [-0.2, 0) is 16.1 Å². The van der Waals surface area contributed by atoms with E-state index in [0.29, 0.717) is 17.0 Å². The molecule has 154 valence electrons. The van der Waals surface area contributed by atoms with Gasteiger partial charge in [-0.3, -0.25) is 9.59 Å². The van der Waals surface area contributed by atoms with Gasteiger partial charge in [0.05, 0.1) is 14.2 Å². The molecule has 2 amide bonds. The van der Waals surface area contributed by atoms with Gasteiger partial charge in [-0.15, -0.1) is 0 Å². The molecular formula is C22H27FN3O3+. The highest BCUT2D eigenvalue weighted by atomic mass is 19.1. The van der Waals surface area contributed by atoms with Gasteiger partial charge >= 0.3 is 0 Å².